The monoisotopic (exact) mass is 415 g/mol. The molecule has 0 rings (SSSR count). The molecule has 0 fully saturated rings. The Kier molecular flexibility index (Phi) is 16.2. The molecule has 0 spiro atoms. The zero-order chi connectivity index (χ0) is 21.4. The van der Waals surface area contributed by atoms with Gasteiger partial charge in [0.15, 0.2) is 0 Å². The molecule has 1 unspecified atom stereocenters. The molecule has 0 aromatic carbocycles. The van der Waals surface area contributed by atoms with Crippen LogP contribution in [0.25, 0.3) is 4.85 Å². The molecule has 0 aliphatic carbocycles. The maximum Gasteiger partial charge on any atom is 0.259 e. The van der Waals surface area contributed by atoms with Crippen LogP contribution in [-0.2, 0) is 18.6 Å². The smallest absolute Gasteiger partial charge is 0.259 e. The summed E-state index contributed by atoms with van der Waals surface area (Å²) >= 11 is 0. The van der Waals surface area contributed by atoms with Crippen LogP contribution in [0.5, 0.6) is 0 Å². The highest BCUT2D eigenvalue weighted by molar-refractivity contribution is 7.44. The minimum absolute atomic E-state index is 0.0432. The Morgan fingerprint density at radius 3 is 2.18 bits per heavy atom. The van der Waals surface area contributed by atoms with E-state index in [0.717, 1.165) is 25.7 Å². The summed E-state index contributed by atoms with van der Waals surface area (Å²) in [5.74, 6) is -0.00937. The van der Waals surface area contributed by atoms with Crippen molar-refractivity contribution in [3.05, 3.63) is 11.4 Å². The molecule has 0 saturated heterocycles. The molecule has 0 aromatic heterocycles. The van der Waals surface area contributed by atoms with Crippen LogP contribution in [0, 0.1) is 6.57 Å². The summed E-state index contributed by atoms with van der Waals surface area (Å²) in [5.41, 5.74) is 0. The summed E-state index contributed by atoms with van der Waals surface area (Å²) in [7, 11) is -1.16. The van der Waals surface area contributed by atoms with Crippen molar-refractivity contribution >= 4 is 20.2 Å². The first-order valence-corrected chi connectivity index (χ1v) is 11.4. The molecule has 0 heterocycles. The van der Waals surface area contributed by atoms with E-state index in [1.807, 2.05) is 0 Å². The lowest BCUT2D eigenvalue weighted by molar-refractivity contribution is -0.124. The molecule has 1 atom stereocenters. The number of carbonyl (C=O) groups excluding carboxylic acids is 2. The van der Waals surface area contributed by atoms with Gasteiger partial charge in [0.05, 0.1) is 6.61 Å². The molecule has 0 aliphatic heterocycles. The quantitative estimate of drug-likeness (QED) is 0.217. The van der Waals surface area contributed by atoms with Gasteiger partial charge in [-0.25, -0.2) is 11.2 Å². The standard InChI is InChI=1S/C20H38N3O4P/c1-17(2)23(18(3)4)28(27-16-14-21-6)26-15-10-8-7-9-13-22-20(25)12-11-19(5)24/h17-18H,7-16H2,1-5H3,(H,22,25). The predicted octanol–water partition coefficient (Wildman–Crippen LogP) is 4.33. The van der Waals surface area contributed by atoms with Gasteiger partial charge < -0.3 is 24.0 Å². The number of carbonyl (C=O) groups is 2. The Labute approximate surface area is 172 Å². The van der Waals surface area contributed by atoms with E-state index in [1.54, 1.807) is 0 Å². The molecule has 1 amide bonds. The highest BCUT2D eigenvalue weighted by Gasteiger charge is 2.27. The molecular weight excluding hydrogens is 377 g/mol. The Morgan fingerprint density at radius 1 is 1.00 bits per heavy atom. The second kappa shape index (κ2) is 16.9. The normalized spacial score (nSPS) is 12.4. The van der Waals surface area contributed by atoms with Crippen molar-refractivity contribution in [2.75, 3.05) is 26.3 Å². The Morgan fingerprint density at radius 2 is 1.61 bits per heavy atom. The van der Waals surface area contributed by atoms with Crippen LogP contribution < -0.4 is 5.32 Å². The van der Waals surface area contributed by atoms with Crippen LogP contribution in [0.4, 0.5) is 0 Å². The van der Waals surface area contributed by atoms with E-state index in [1.165, 1.54) is 6.92 Å². The first-order valence-electron chi connectivity index (χ1n) is 10.2. The van der Waals surface area contributed by atoms with Crippen molar-refractivity contribution < 1.29 is 18.6 Å². The van der Waals surface area contributed by atoms with Crippen LogP contribution in [0.2, 0.25) is 0 Å². The summed E-state index contributed by atoms with van der Waals surface area (Å²) in [4.78, 5) is 25.7. The average Bonchev–Trinajstić information content (AvgIpc) is 2.61. The highest BCUT2D eigenvalue weighted by Crippen LogP contribution is 2.45. The van der Waals surface area contributed by atoms with Gasteiger partial charge in [0.1, 0.15) is 12.4 Å². The third-order valence-electron chi connectivity index (χ3n) is 3.95. The van der Waals surface area contributed by atoms with E-state index >= 15 is 0 Å². The molecule has 1 N–H and O–H groups in total. The number of amides is 1. The number of nitrogens with one attached hydrogen (secondary N) is 1. The van der Waals surface area contributed by atoms with E-state index in [0.29, 0.717) is 44.8 Å². The summed E-state index contributed by atoms with van der Waals surface area (Å²) in [5, 5.41) is 2.85. The molecule has 7 nitrogen and oxygen atoms in total. The van der Waals surface area contributed by atoms with Gasteiger partial charge in [-0.05, 0) is 47.5 Å². The van der Waals surface area contributed by atoms with Crippen molar-refractivity contribution in [1.82, 2.24) is 9.99 Å². The third-order valence-corrected chi connectivity index (χ3v) is 6.06. The second-order valence-electron chi connectivity index (χ2n) is 7.32. The van der Waals surface area contributed by atoms with Gasteiger partial charge in [-0.2, -0.15) is 0 Å². The van der Waals surface area contributed by atoms with Gasteiger partial charge in [0.2, 0.25) is 12.5 Å². The highest BCUT2D eigenvalue weighted by atomic mass is 31.2. The Hall–Kier alpha value is -1.06. The Bertz CT molecular complexity index is 473. The lowest BCUT2D eigenvalue weighted by Crippen LogP contribution is -2.33. The molecule has 28 heavy (non-hydrogen) atoms. The van der Waals surface area contributed by atoms with Gasteiger partial charge in [-0.1, -0.05) is 12.8 Å². The molecule has 0 radical (unpaired) electrons. The fourth-order valence-electron chi connectivity index (χ4n) is 2.64. The minimum atomic E-state index is -1.16. The molecular formula is C20H38N3O4P. The molecule has 0 aliphatic rings. The predicted molar refractivity (Wildman–Crippen MR) is 114 cm³/mol. The van der Waals surface area contributed by atoms with Crippen molar-refractivity contribution in [2.45, 2.75) is 85.2 Å². The van der Waals surface area contributed by atoms with Crippen LogP contribution in [0.3, 0.4) is 0 Å². The number of unbranched alkanes of at least 4 members (excludes halogenated alkanes) is 3. The first kappa shape index (κ1) is 26.9. The van der Waals surface area contributed by atoms with E-state index in [9.17, 15) is 9.59 Å². The topological polar surface area (TPSA) is 72.2 Å². The number of rotatable bonds is 17. The lowest BCUT2D eigenvalue weighted by Gasteiger charge is -2.35. The fourth-order valence-corrected chi connectivity index (χ4v) is 4.26. The van der Waals surface area contributed by atoms with Gasteiger partial charge in [0, 0.05) is 31.5 Å². The second-order valence-corrected chi connectivity index (χ2v) is 8.77. The van der Waals surface area contributed by atoms with Crippen molar-refractivity contribution in [3.8, 4) is 0 Å². The molecule has 0 aromatic rings. The maximum absolute atomic E-state index is 11.5. The SMILES string of the molecule is [C-]#[N+]CCOP(OCCCCCCNC(=O)CCC(C)=O)N(C(C)C)C(C)C. The van der Waals surface area contributed by atoms with Gasteiger partial charge in [0.25, 0.3) is 8.53 Å². The van der Waals surface area contributed by atoms with Crippen molar-refractivity contribution in [1.29, 1.82) is 0 Å². The zero-order valence-corrected chi connectivity index (χ0v) is 19.1. The number of hydrogen-bond acceptors (Lipinski definition) is 5. The summed E-state index contributed by atoms with van der Waals surface area (Å²) < 4.78 is 14.1. The summed E-state index contributed by atoms with van der Waals surface area (Å²) in [6.45, 7) is 18.9. The van der Waals surface area contributed by atoms with Crippen molar-refractivity contribution in [3.63, 3.8) is 0 Å². The number of nitrogens with zero attached hydrogens (tertiary/aromatic N) is 2. The number of ketones is 1. The molecule has 8 heteroatoms. The third kappa shape index (κ3) is 14.0. The summed E-state index contributed by atoms with van der Waals surface area (Å²) in [6.07, 6.45) is 4.50. The van der Waals surface area contributed by atoms with Crippen LogP contribution >= 0.6 is 8.53 Å². The van der Waals surface area contributed by atoms with E-state index in [-0.39, 0.29) is 18.1 Å². The molecule has 0 saturated carbocycles. The zero-order valence-electron chi connectivity index (χ0n) is 18.2. The Balaban J connectivity index is 4.02. The lowest BCUT2D eigenvalue weighted by atomic mass is 10.2. The first-order chi connectivity index (χ1) is 13.3. The average molecular weight is 416 g/mol. The van der Waals surface area contributed by atoms with E-state index in [4.69, 9.17) is 15.6 Å². The molecule has 0 bridgehead atoms. The van der Waals surface area contributed by atoms with E-state index < -0.39 is 8.53 Å². The minimum Gasteiger partial charge on any atom is -0.356 e. The van der Waals surface area contributed by atoms with E-state index in [2.05, 4.69) is 42.5 Å². The van der Waals surface area contributed by atoms with Crippen LogP contribution in [0.15, 0.2) is 0 Å². The summed E-state index contributed by atoms with van der Waals surface area (Å²) in [6, 6.07) is 0.622. The number of Topliss-reactive ketones (excluding diaryl/α,β-unsaturated/α-hetero) is 1. The number of hydrogen-bond donors (Lipinski definition) is 1. The van der Waals surface area contributed by atoms with Crippen LogP contribution in [-0.4, -0.2) is 54.7 Å². The van der Waals surface area contributed by atoms with Gasteiger partial charge >= 0.3 is 0 Å². The largest absolute Gasteiger partial charge is 0.356 e. The fraction of sp³-hybridized carbons (Fsp3) is 0.850. The molecule has 162 valence electrons. The van der Waals surface area contributed by atoms with Crippen molar-refractivity contribution in [2.24, 2.45) is 0 Å². The van der Waals surface area contributed by atoms with Gasteiger partial charge in [-0.3, -0.25) is 4.79 Å². The maximum atomic E-state index is 11.5. The van der Waals surface area contributed by atoms with Crippen LogP contribution in [0.1, 0.15) is 73.1 Å². The van der Waals surface area contributed by atoms with Gasteiger partial charge in [-0.15, -0.1) is 0 Å².